The second kappa shape index (κ2) is 8.31. The van der Waals surface area contributed by atoms with Crippen molar-refractivity contribution in [3.05, 3.63) is 102 Å². The molecule has 0 aliphatic heterocycles. The summed E-state index contributed by atoms with van der Waals surface area (Å²) < 4.78 is 1.80. The van der Waals surface area contributed by atoms with E-state index >= 15 is 0 Å². The Morgan fingerprint density at radius 3 is 2.27 bits per heavy atom. The SMILES string of the molecule is Cc1ccc(NC(=O)c2cc(-c3cccnc3)nc3c2c(C)nn3-c2ccc(C)cc2)cc1. The number of pyridine rings is 2. The first-order chi connectivity index (χ1) is 16.0. The fraction of sp³-hybridized carbons (Fsp3) is 0.111. The van der Waals surface area contributed by atoms with Gasteiger partial charge >= 0.3 is 0 Å². The van der Waals surface area contributed by atoms with Crippen molar-refractivity contribution >= 4 is 22.6 Å². The largest absolute Gasteiger partial charge is 0.322 e. The number of carbonyl (C=O) groups is 1. The normalized spacial score (nSPS) is 11.0. The molecule has 0 saturated heterocycles. The maximum absolute atomic E-state index is 13.4. The predicted molar refractivity (Wildman–Crippen MR) is 131 cm³/mol. The molecule has 0 bridgehead atoms. The maximum Gasteiger partial charge on any atom is 0.256 e. The number of hydrogen-bond donors (Lipinski definition) is 1. The van der Waals surface area contributed by atoms with Crippen molar-refractivity contribution in [1.82, 2.24) is 19.7 Å². The summed E-state index contributed by atoms with van der Waals surface area (Å²) in [4.78, 5) is 22.6. The van der Waals surface area contributed by atoms with Crippen molar-refractivity contribution in [2.75, 3.05) is 5.32 Å². The number of benzene rings is 2. The van der Waals surface area contributed by atoms with Gasteiger partial charge in [0.25, 0.3) is 5.91 Å². The first-order valence-electron chi connectivity index (χ1n) is 10.8. The molecule has 162 valence electrons. The lowest BCUT2D eigenvalue weighted by atomic mass is 10.1. The second-order valence-electron chi connectivity index (χ2n) is 8.15. The summed E-state index contributed by atoms with van der Waals surface area (Å²) in [6, 6.07) is 21.4. The number of anilines is 1. The van der Waals surface area contributed by atoms with E-state index in [1.807, 2.05) is 87.5 Å². The standard InChI is InChI=1S/C27H23N5O/c1-17-6-10-21(11-7-17)29-27(33)23-15-24(20-5-4-14-28-16-20)30-26-25(23)19(3)31-32(26)22-12-8-18(2)9-13-22/h4-16H,1-3H3,(H,29,33). The average Bonchev–Trinajstić information content (AvgIpc) is 3.17. The zero-order valence-corrected chi connectivity index (χ0v) is 18.7. The molecular weight excluding hydrogens is 410 g/mol. The Hall–Kier alpha value is -4.32. The summed E-state index contributed by atoms with van der Waals surface area (Å²) in [5.74, 6) is -0.206. The summed E-state index contributed by atoms with van der Waals surface area (Å²) in [5, 5.41) is 8.49. The molecule has 0 atom stereocenters. The third-order valence-corrected chi connectivity index (χ3v) is 5.60. The lowest BCUT2D eigenvalue weighted by Gasteiger charge is -2.10. The van der Waals surface area contributed by atoms with E-state index in [0.717, 1.165) is 39.1 Å². The Morgan fingerprint density at radius 2 is 1.61 bits per heavy atom. The van der Waals surface area contributed by atoms with Crippen molar-refractivity contribution in [3.8, 4) is 16.9 Å². The van der Waals surface area contributed by atoms with Crippen LogP contribution in [0, 0.1) is 20.8 Å². The number of aromatic nitrogens is 4. The monoisotopic (exact) mass is 433 g/mol. The Labute approximate surface area is 192 Å². The minimum absolute atomic E-state index is 0.206. The molecule has 1 amide bonds. The van der Waals surface area contributed by atoms with E-state index in [4.69, 9.17) is 10.1 Å². The van der Waals surface area contributed by atoms with Crippen LogP contribution < -0.4 is 5.32 Å². The molecule has 5 rings (SSSR count). The molecule has 3 heterocycles. The number of aryl methyl sites for hydroxylation is 3. The van der Waals surface area contributed by atoms with Crippen LogP contribution in [0.5, 0.6) is 0 Å². The zero-order chi connectivity index (χ0) is 22.9. The van der Waals surface area contributed by atoms with Gasteiger partial charge in [-0.15, -0.1) is 0 Å². The molecule has 6 nitrogen and oxygen atoms in total. The predicted octanol–water partition coefficient (Wildman–Crippen LogP) is 5.66. The number of carbonyl (C=O) groups excluding carboxylic acids is 1. The van der Waals surface area contributed by atoms with Crippen molar-refractivity contribution in [1.29, 1.82) is 0 Å². The highest BCUT2D eigenvalue weighted by Crippen LogP contribution is 2.29. The van der Waals surface area contributed by atoms with Gasteiger partial charge in [-0.1, -0.05) is 35.4 Å². The lowest BCUT2D eigenvalue weighted by Crippen LogP contribution is -2.13. The number of fused-ring (bicyclic) bond motifs is 1. The Kier molecular flexibility index (Phi) is 5.18. The van der Waals surface area contributed by atoms with Crippen LogP contribution in [0.1, 0.15) is 27.2 Å². The maximum atomic E-state index is 13.4. The van der Waals surface area contributed by atoms with Crippen molar-refractivity contribution in [2.24, 2.45) is 0 Å². The molecule has 2 aromatic carbocycles. The van der Waals surface area contributed by atoms with Gasteiger partial charge < -0.3 is 5.32 Å². The van der Waals surface area contributed by atoms with E-state index in [9.17, 15) is 4.79 Å². The van der Waals surface area contributed by atoms with E-state index in [1.165, 1.54) is 0 Å². The van der Waals surface area contributed by atoms with Crippen LogP contribution in [0.3, 0.4) is 0 Å². The Morgan fingerprint density at radius 1 is 0.909 bits per heavy atom. The summed E-state index contributed by atoms with van der Waals surface area (Å²) in [5.41, 5.74) is 7.31. The highest BCUT2D eigenvalue weighted by Gasteiger charge is 2.21. The topological polar surface area (TPSA) is 72.7 Å². The third kappa shape index (κ3) is 3.99. The van der Waals surface area contributed by atoms with Gasteiger partial charge in [0.2, 0.25) is 0 Å². The van der Waals surface area contributed by atoms with Gasteiger partial charge in [0.1, 0.15) is 0 Å². The quantitative estimate of drug-likeness (QED) is 0.397. The van der Waals surface area contributed by atoms with E-state index < -0.39 is 0 Å². The summed E-state index contributed by atoms with van der Waals surface area (Å²) >= 11 is 0. The van der Waals surface area contributed by atoms with Gasteiger partial charge in [0.05, 0.1) is 28.0 Å². The van der Waals surface area contributed by atoms with Crippen LogP contribution in [0.15, 0.2) is 79.1 Å². The first kappa shape index (κ1) is 20.6. The zero-order valence-electron chi connectivity index (χ0n) is 18.7. The highest BCUT2D eigenvalue weighted by molar-refractivity contribution is 6.13. The van der Waals surface area contributed by atoms with Crippen LogP contribution in [0.25, 0.3) is 28.0 Å². The van der Waals surface area contributed by atoms with Gasteiger partial charge in [-0.25, -0.2) is 9.67 Å². The summed E-state index contributed by atoms with van der Waals surface area (Å²) in [7, 11) is 0. The Bertz CT molecular complexity index is 1450. The first-order valence-corrected chi connectivity index (χ1v) is 10.8. The van der Waals surface area contributed by atoms with E-state index in [0.29, 0.717) is 16.9 Å². The molecule has 0 radical (unpaired) electrons. The molecule has 0 spiro atoms. The van der Waals surface area contributed by atoms with Crippen LogP contribution in [-0.2, 0) is 0 Å². The number of amides is 1. The molecule has 0 aliphatic carbocycles. The van der Waals surface area contributed by atoms with Gasteiger partial charge in [-0.3, -0.25) is 9.78 Å². The molecule has 0 aliphatic rings. The number of nitrogens with one attached hydrogen (secondary N) is 1. The molecular formula is C27H23N5O. The van der Waals surface area contributed by atoms with Gasteiger partial charge in [0, 0.05) is 23.6 Å². The molecule has 3 aromatic heterocycles. The molecule has 0 saturated carbocycles. The second-order valence-corrected chi connectivity index (χ2v) is 8.15. The minimum Gasteiger partial charge on any atom is -0.322 e. The fourth-order valence-corrected chi connectivity index (χ4v) is 3.83. The van der Waals surface area contributed by atoms with Gasteiger partial charge in [0.15, 0.2) is 5.65 Å². The van der Waals surface area contributed by atoms with E-state index in [2.05, 4.69) is 10.3 Å². The minimum atomic E-state index is -0.206. The number of nitrogens with zero attached hydrogens (tertiary/aromatic N) is 4. The summed E-state index contributed by atoms with van der Waals surface area (Å²) in [6.07, 6.45) is 3.46. The Balaban J connectivity index is 1.70. The van der Waals surface area contributed by atoms with Crippen LogP contribution >= 0.6 is 0 Å². The van der Waals surface area contributed by atoms with Crippen molar-refractivity contribution in [3.63, 3.8) is 0 Å². The van der Waals surface area contributed by atoms with E-state index in [-0.39, 0.29) is 5.91 Å². The third-order valence-electron chi connectivity index (χ3n) is 5.60. The van der Waals surface area contributed by atoms with Crippen molar-refractivity contribution in [2.45, 2.75) is 20.8 Å². The molecule has 5 aromatic rings. The van der Waals surface area contributed by atoms with Crippen molar-refractivity contribution < 1.29 is 4.79 Å². The smallest absolute Gasteiger partial charge is 0.256 e. The van der Waals surface area contributed by atoms with Crippen LogP contribution in [0.2, 0.25) is 0 Å². The lowest BCUT2D eigenvalue weighted by molar-refractivity contribution is 0.102. The molecule has 33 heavy (non-hydrogen) atoms. The molecule has 0 unspecified atom stereocenters. The fourth-order valence-electron chi connectivity index (χ4n) is 3.83. The summed E-state index contributed by atoms with van der Waals surface area (Å²) in [6.45, 7) is 5.96. The number of rotatable bonds is 4. The molecule has 1 N–H and O–H groups in total. The van der Waals surface area contributed by atoms with E-state index in [1.54, 1.807) is 17.1 Å². The van der Waals surface area contributed by atoms with Gasteiger partial charge in [-0.05, 0) is 63.2 Å². The molecule has 6 heteroatoms. The molecule has 0 fully saturated rings. The number of hydrogen-bond acceptors (Lipinski definition) is 4. The van der Waals surface area contributed by atoms with Gasteiger partial charge in [-0.2, -0.15) is 5.10 Å². The van der Waals surface area contributed by atoms with Crippen LogP contribution in [0.4, 0.5) is 5.69 Å². The highest BCUT2D eigenvalue weighted by atomic mass is 16.1. The van der Waals surface area contributed by atoms with Crippen LogP contribution in [-0.4, -0.2) is 25.7 Å². The average molecular weight is 434 g/mol.